The van der Waals surface area contributed by atoms with E-state index in [1.807, 2.05) is 0 Å². The smallest absolute Gasteiger partial charge is 0.305 e. The SMILES string of the molecule is CC[C@H](C)[C@H](NC(=O)[C@H](CC(N)=O)NC(=O)[C@H](CCC(N)=O)NC(=O)[C@@H](NC(=O)[C@@H](NC(=O)[C@@H](N)C(C)C)[C@@H](C)CC)[C@@H](C)O)C(=O)N[C@@H](CC(=O)O)C(=O)N[C@@H](C)C(N)=O. The Morgan fingerprint density at radius 2 is 0.902 bits per heavy atom. The quantitative estimate of drug-likeness (QED) is 0.0350. The highest BCUT2D eigenvalue weighted by atomic mass is 16.4. The average molecular weight is 872 g/mol. The standard InChI is InChI=1S/C37H65N11O13/c1-9-16(5)27(35(59)45-22(14-25(52)53)32(56)42-18(7)30(41)54)46-33(57)21(13-24(39)51)44-31(55)20(11-12-23(38)50)43-37(61)29(19(8)49)48-36(60)28(17(6)10-2)47-34(58)26(40)15(3)4/h15-22,26-29,49H,9-14,40H2,1-8H3,(H2,38,50)(H2,39,51)(H2,41,54)(H,42,56)(H,43,61)(H,44,55)(H,45,59)(H,46,57)(H,47,58)(H,48,60)(H,52,53)/t16-,17-,18-,19+,20-,21-,22-,26-,27-,28-,29-/m0/s1. The molecule has 0 heterocycles. The van der Waals surface area contributed by atoms with Crippen LogP contribution in [-0.2, 0) is 52.7 Å². The number of rotatable bonds is 28. The van der Waals surface area contributed by atoms with Crippen LogP contribution in [-0.4, -0.2) is 130 Å². The molecule has 24 nitrogen and oxygen atoms in total. The second kappa shape index (κ2) is 26.3. The number of hydrogen-bond acceptors (Lipinski definition) is 13. The maximum Gasteiger partial charge on any atom is 0.305 e. The molecule has 10 amide bonds. The third-order valence-corrected chi connectivity index (χ3v) is 9.82. The van der Waals surface area contributed by atoms with Gasteiger partial charge in [-0.25, -0.2) is 0 Å². The van der Waals surface area contributed by atoms with E-state index < -0.39 is 157 Å². The Balaban J connectivity index is 6.55. The number of amides is 10. The molecule has 346 valence electrons. The van der Waals surface area contributed by atoms with E-state index >= 15 is 0 Å². The summed E-state index contributed by atoms with van der Waals surface area (Å²) in [6.07, 6.45) is -3.78. The van der Waals surface area contributed by atoms with Crippen LogP contribution in [0.15, 0.2) is 0 Å². The summed E-state index contributed by atoms with van der Waals surface area (Å²) in [5, 5.41) is 36.2. The Hall–Kier alpha value is -5.91. The molecule has 11 atom stereocenters. The minimum Gasteiger partial charge on any atom is -0.481 e. The normalized spacial score (nSPS) is 16.5. The van der Waals surface area contributed by atoms with E-state index in [0.717, 1.165) is 6.92 Å². The molecular formula is C37H65N11O13. The molecule has 24 heteroatoms. The summed E-state index contributed by atoms with van der Waals surface area (Å²) < 4.78 is 0. The first kappa shape index (κ1) is 55.1. The molecule has 17 N–H and O–H groups in total. The summed E-state index contributed by atoms with van der Waals surface area (Å²) in [5.41, 5.74) is 21.8. The topological polar surface area (TPSA) is 417 Å². The van der Waals surface area contributed by atoms with Crippen LogP contribution in [0.3, 0.4) is 0 Å². The lowest BCUT2D eigenvalue weighted by Gasteiger charge is -2.30. The molecule has 0 radical (unpaired) electrons. The second-order valence-corrected chi connectivity index (χ2v) is 15.3. The highest BCUT2D eigenvalue weighted by Crippen LogP contribution is 2.13. The number of aliphatic hydroxyl groups excluding tert-OH is 1. The van der Waals surface area contributed by atoms with Crippen LogP contribution in [0.5, 0.6) is 0 Å². The fourth-order valence-corrected chi connectivity index (χ4v) is 5.39. The van der Waals surface area contributed by atoms with Crippen LogP contribution in [0, 0.1) is 17.8 Å². The number of aliphatic hydroxyl groups is 1. The largest absolute Gasteiger partial charge is 0.481 e. The van der Waals surface area contributed by atoms with Crippen LogP contribution in [0.1, 0.15) is 93.9 Å². The monoisotopic (exact) mass is 871 g/mol. The Bertz CT molecular complexity index is 1610. The van der Waals surface area contributed by atoms with Gasteiger partial charge in [-0.3, -0.25) is 52.7 Å². The molecule has 0 aromatic rings. The van der Waals surface area contributed by atoms with Gasteiger partial charge < -0.3 is 70.4 Å². The first-order valence-corrected chi connectivity index (χ1v) is 19.8. The minimum atomic E-state index is -1.84. The summed E-state index contributed by atoms with van der Waals surface area (Å²) in [7, 11) is 0. The van der Waals surface area contributed by atoms with Crippen LogP contribution in [0.2, 0.25) is 0 Å². The van der Waals surface area contributed by atoms with Crippen molar-refractivity contribution in [3.8, 4) is 0 Å². The van der Waals surface area contributed by atoms with Gasteiger partial charge in [-0.1, -0.05) is 54.4 Å². The Morgan fingerprint density at radius 3 is 1.33 bits per heavy atom. The van der Waals surface area contributed by atoms with Crippen molar-refractivity contribution in [2.24, 2.45) is 40.7 Å². The van der Waals surface area contributed by atoms with Crippen LogP contribution < -0.4 is 60.2 Å². The molecule has 0 saturated heterocycles. The summed E-state index contributed by atoms with van der Waals surface area (Å²) in [6.45, 7) is 12.3. The van der Waals surface area contributed by atoms with Gasteiger partial charge in [0.1, 0.15) is 42.3 Å². The fourth-order valence-electron chi connectivity index (χ4n) is 5.39. The number of carboxylic acid groups (broad SMARTS) is 1. The second-order valence-electron chi connectivity index (χ2n) is 15.3. The molecule has 0 aromatic heterocycles. The lowest BCUT2D eigenvalue weighted by Crippen LogP contribution is -2.63. The van der Waals surface area contributed by atoms with Crippen molar-refractivity contribution in [2.45, 2.75) is 148 Å². The van der Waals surface area contributed by atoms with E-state index in [0.29, 0.717) is 6.42 Å². The van der Waals surface area contributed by atoms with E-state index in [2.05, 4.69) is 37.2 Å². The first-order valence-electron chi connectivity index (χ1n) is 19.8. The highest BCUT2D eigenvalue weighted by Gasteiger charge is 2.37. The number of carboxylic acids is 1. The molecule has 0 rings (SSSR count). The molecule has 0 aliphatic heterocycles. The molecule has 0 bridgehead atoms. The van der Waals surface area contributed by atoms with E-state index in [4.69, 9.17) is 22.9 Å². The summed E-state index contributed by atoms with van der Waals surface area (Å²) in [5.74, 6) is -13.1. The van der Waals surface area contributed by atoms with Gasteiger partial charge in [0.25, 0.3) is 0 Å². The highest BCUT2D eigenvalue weighted by molar-refractivity contribution is 5.99. The number of nitrogens with one attached hydrogen (secondary N) is 7. The number of aliphatic carboxylic acids is 1. The van der Waals surface area contributed by atoms with E-state index in [1.54, 1.807) is 34.6 Å². The molecule has 0 fully saturated rings. The van der Waals surface area contributed by atoms with Gasteiger partial charge in [0.15, 0.2) is 0 Å². The van der Waals surface area contributed by atoms with Gasteiger partial charge in [0.05, 0.1) is 25.0 Å². The van der Waals surface area contributed by atoms with Gasteiger partial charge in [-0.15, -0.1) is 0 Å². The van der Waals surface area contributed by atoms with Gasteiger partial charge in [0, 0.05) is 6.42 Å². The zero-order valence-corrected chi connectivity index (χ0v) is 35.9. The van der Waals surface area contributed by atoms with Gasteiger partial charge in [-0.2, -0.15) is 0 Å². The summed E-state index contributed by atoms with van der Waals surface area (Å²) in [6, 6.07) is -12.0. The summed E-state index contributed by atoms with van der Waals surface area (Å²) >= 11 is 0. The Kier molecular flexibility index (Phi) is 23.8. The predicted molar refractivity (Wildman–Crippen MR) is 216 cm³/mol. The zero-order chi connectivity index (χ0) is 47.5. The number of hydrogen-bond donors (Lipinski definition) is 13. The summed E-state index contributed by atoms with van der Waals surface area (Å²) in [4.78, 5) is 140. The maximum absolute atomic E-state index is 13.7. The van der Waals surface area contributed by atoms with Crippen molar-refractivity contribution in [1.82, 2.24) is 37.2 Å². The third kappa shape index (κ3) is 19.4. The maximum atomic E-state index is 13.7. The van der Waals surface area contributed by atoms with Crippen LogP contribution in [0.4, 0.5) is 0 Å². The van der Waals surface area contributed by atoms with Crippen LogP contribution in [0.25, 0.3) is 0 Å². The van der Waals surface area contributed by atoms with Crippen molar-refractivity contribution in [1.29, 1.82) is 0 Å². The molecule has 0 saturated carbocycles. The lowest BCUT2D eigenvalue weighted by atomic mass is 9.96. The third-order valence-electron chi connectivity index (χ3n) is 9.82. The van der Waals surface area contributed by atoms with Gasteiger partial charge in [-0.05, 0) is 38.0 Å². The molecule has 0 aliphatic rings. The van der Waals surface area contributed by atoms with Gasteiger partial charge >= 0.3 is 5.97 Å². The first-order chi connectivity index (χ1) is 28.2. The number of carbonyl (C=O) groups excluding carboxylic acids is 10. The minimum absolute atomic E-state index is 0.220. The van der Waals surface area contributed by atoms with Crippen molar-refractivity contribution >= 4 is 65.0 Å². The van der Waals surface area contributed by atoms with Crippen molar-refractivity contribution < 1.29 is 63.0 Å². The Morgan fingerprint density at radius 1 is 0.508 bits per heavy atom. The molecule has 61 heavy (non-hydrogen) atoms. The lowest BCUT2D eigenvalue weighted by molar-refractivity contribution is -0.141. The molecular weight excluding hydrogens is 806 g/mol. The average Bonchev–Trinajstić information content (AvgIpc) is 3.16. The zero-order valence-electron chi connectivity index (χ0n) is 35.9. The Labute approximate surface area is 353 Å². The number of nitrogens with two attached hydrogens (primary N) is 4. The molecule has 0 aliphatic carbocycles. The van der Waals surface area contributed by atoms with Crippen molar-refractivity contribution in [3.05, 3.63) is 0 Å². The fraction of sp³-hybridized carbons (Fsp3) is 0.703. The van der Waals surface area contributed by atoms with Crippen LogP contribution >= 0.6 is 0 Å². The van der Waals surface area contributed by atoms with E-state index in [1.165, 1.54) is 13.8 Å². The van der Waals surface area contributed by atoms with E-state index in [9.17, 15) is 63.0 Å². The number of carbonyl (C=O) groups is 11. The molecule has 0 unspecified atom stereocenters. The van der Waals surface area contributed by atoms with Crippen molar-refractivity contribution in [3.63, 3.8) is 0 Å². The predicted octanol–water partition coefficient (Wildman–Crippen LogP) is -5.04. The molecule has 0 spiro atoms. The number of primary amides is 3. The molecule has 0 aromatic carbocycles. The van der Waals surface area contributed by atoms with E-state index in [-0.39, 0.29) is 12.3 Å². The van der Waals surface area contributed by atoms with Crippen molar-refractivity contribution in [2.75, 3.05) is 0 Å². The van der Waals surface area contributed by atoms with Gasteiger partial charge in [0.2, 0.25) is 59.1 Å².